The maximum absolute atomic E-state index is 12.9. The molecule has 0 saturated carbocycles. The Kier molecular flexibility index (Phi) is 6.42. The van der Waals surface area contributed by atoms with Crippen LogP contribution in [-0.4, -0.2) is 61.6 Å². The SMILES string of the molecule is CCc1ccc(NC(=O)[C@H](C)[NH+]2CCN(C(=O)[C@H]3COc4ccccc4O3)CC2)cc1. The van der Waals surface area contributed by atoms with E-state index in [1.807, 2.05) is 60.4 Å². The molecule has 164 valence electrons. The number of para-hydroxylation sites is 2. The maximum Gasteiger partial charge on any atom is 0.282 e. The number of nitrogens with zero attached hydrogens (tertiary/aromatic N) is 1. The van der Waals surface area contributed by atoms with Gasteiger partial charge in [0.2, 0.25) is 6.10 Å². The van der Waals surface area contributed by atoms with E-state index < -0.39 is 6.10 Å². The second-order valence-electron chi connectivity index (χ2n) is 8.11. The van der Waals surface area contributed by atoms with Crippen molar-refractivity contribution < 1.29 is 24.0 Å². The van der Waals surface area contributed by atoms with Crippen molar-refractivity contribution in [3.05, 3.63) is 54.1 Å². The Morgan fingerprint density at radius 2 is 1.77 bits per heavy atom. The third-order valence-corrected chi connectivity index (χ3v) is 6.14. The number of aryl methyl sites for hydroxylation is 1. The summed E-state index contributed by atoms with van der Waals surface area (Å²) in [5.41, 5.74) is 2.06. The molecule has 0 unspecified atom stereocenters. The number of benzene rings is 2. The number of carbonyl (C=O) groups is 2. The summed E-state index contributed by atoms with van der Waals surface area (Å²) >= 11 is 0. The van der Waals surface area contributed by atoms with Crippen LogP contribution in [0.2, 0.25) is 0 Å². The molecule has 2 aromatic rings. The summed E-state index contributed by atoms with van der Waals surface area (Å²) in [4.78, 5) is 28.6. The van der Waals surface area contributed by atoms with E-state index >= 15 is 0 Å². The van der Waals surface area contributed by atoms with E-state index in [-0.39, 0.29) is 24.5 Å². The minimum atomic E-state index is -0.622. The van der Waals surface area contributed by atoms with Gasteiger partial charge in [-0.2, -0.15) is 0 Å². The quantitative estimate of drug-likeness (QED) is 0.755. The number of anilines is 1. The van der Waals surface area contributed by atoms with E-state index in [1.54, 1.807) is 0 Å². The zero-order valence-electron chi connectivity index (χ0n) is 18.1. The topological polar surface area (TPSA) is 72.3 Å². The van der Waals surface area contributed by atoms with Gasteiger partial charge in [0.15, 0.2) is 17.5 Å². The van der Waals surface area contributed by atoms with Gasteiger partial charge in [-0.3, -0.25) is 9.59 Å². The Labute approximate surface area is 182 Å². The number of hydrogen-bond acceptors (Lipinski definition) is 4. The van der Waals surface area contributed by atoms with Crippen molar-refractivity contribution in [1.29, 1.82) is 0 Å². The van der Waals surface area contributed by atoms with E-state index in [2.05, 4.69) is 12.2 Å². The van der Waals surface area contributed by atoms with Crippen LogP contribution in [0.4, 0.5) is 5.69 Å². The predicted octanol–water partition coefficient (Wildman–Crippen LogP) is 1.14. The largest absolute Gasteiger partial charge is 0.485 e. The average molecular weight is 425 g/mol. The van der Waals surface area contributed by atoms with Crippen molar-refractivity contribution in [3.63, 3.8) is 0 Å². The molecule has 0 bridgehead atoms. The molecule has 0 radical (unpaired) electrons. The molecule has 2 heterocycles. The molecule has 4 rings (SSSR count). The molecule has 2 aliphatic heterocycles. The lowest BCUT2D eigenvalue weighted by Gasteiger charge is -2.37. The molecule has 7 heteroatoms. The van der Waals surface area contributed by atoms with Gasteiger partial charge < -0.3 is 24.6 Å². The number of hydrogen-bond donors (Lipinski definition) is 2. The average Bonchev–Trinajstić information content (AvgIpc) is 2.83. The molecule has 1 fully saturated rings. The van der Waals surface area contributed by atoms with Crippen LogP contribution in [0, 0.1) is 0 Å². The van der Waals surface area contributed by atoms with Gasteiger partial charge in [0.25, 0.3) is 11.8 Å². The first-order valence-electron chi connectivity index (χ1n) is 11.0. The van der Waals surface area contributed by atoms with Crippen molar-refractivity contribution in [2.75, 3.05) is 38.1 Å². The van der Waals surface area contributed by atoms with Gasteiger partial charge in [0.05, 0.1) is 26.2 Å². The summed E-state index contributed by atoms with van der Waals surface area (Å²) in [6.45, 7) is 6.90. The third-order valence-electron chi connectivity index (χ3n) is 6.14. The molecule has 0 spiro atoms. The number of carbonyl (C=O) groups excluding carboxylic acids is 2. The van der Waals surface area contributed by atoms with Gasteiger partial charge in [-0.05, 0) is 43.2 Å². The predicted molar refractivity (Wildman–Crippen MR) is 118 cm³/mol. The van der Waals surface area contributed by atoms with Crippen LogP contribution in [0.25, 0.3) is 0 Å². The van der Waals surface area contributed by atoms with Crippen molar-refractivity contribution in [3.8, 4) is 11.5 Å². The normalized spacial score (nSPS) is 19.5. The number of nitrogens with one attached hydrogen (secondary N) is 2. The Hall–Kier alpha value is -3.06. The van der Waals surface area contributed by atoms with Crippen molar-refractivity contribution in [2.24, 2.45) is 0 Å². The number of ether oxygens (including phenoxy) is 2. The van der Waals surface area contributed by atoms with Crippen LogP contribution >= 0.6 is 0 Å². The summed E-state index contributed by atoms with van der Waals surface area (Å²) in [6.07, 6.45) is 0.353. The molecule has 2 aromatic carbocycles. The molecule has 0 aliphatic carbocycles. The fraction of sp³-hybridized carbons (Fsp3) is 0.417. The van der Waals surface area contributed by atoms with Crippen LogP contribution in [-0.2, 0) is 16.0 Å². The highest BCUT2D eigenvalue weighted by molar-refractivity contribution is 5.93. The van der Waals surface area contributed by atoms with Crippen LogP contribution in [0.1, 0.15) is 19.4 Å². The third kappa shape index (κ3) is 4.82. The fourth-order valence-corrected chi connectivity index (χ4v) is 4.05. The molecule has 2 amide bonds. The molecular weight excluding hydrogens is 394 g/mol. The maximum atomic E-state index is 12.9. The lowest BCUT2D eigenvalue weighted by Crippen LogP contribution is -3.19. The van der Waals surface area contributed by atoms with E-state index in [0.717, 1.165) is 25.2 Å². The molecular formula is C24H30N3O4+. The second kappa shape index (κ2) is 9.39. The number of fused-ring (bicyclic) bond motifs is 1. The Balaban J connectivity index is 1.27. The monoisotopic (exact) mass is 424 g/mol. The fourth-order valence-electron chi connectivity index (χ4n) is 4.05. The Bertz CT molecular complexity index is 923. The van der Waals surface area contributed by atoms with Crippen molar-refractivity contribution in [1.82, 2.24) is 4.90 Å². The minimum absolute atomic E-state index is 0.000328. The minimum Gasteiger partial charge on any atom is -0.485 e. The van der Waals surface area contributed by atoms with Crippen LogP contribution in [0.5, 0.6) is 11.5 Å². The highest BCUT2D eigenvalue weighted by atomic mass is 16.6. The summed E-state index contributed by atoms with van der Waals surface area (Å²) in [5.74, 6) is 1.22. The molecule has 1 saturated heterocycles. The summed E-state index contributed by atoms with van der Waals surface area (Å²) in [5, 5.41) is 3.01. The van der Waals surface area contributed by atoms with Gasteiger partial charge >= 0.3 is 0 Å². The van der Waals surface area contributed by atoms with Crippen molar-refractivity contribution >= 4 is 17.5 Å². The molecule has 31 heavy (non-hydrogen) atoms. The second-order valence-corrected chi connectivity index (χ2v) is 8.11. The zero-order valence-corrected chi connectivity index (χ0v) is 18.1. The van der Waals surface area contributed by atoms with E-state index in [1.165, 1.54) is 10.5 Å². The van der Waals surface area contributed by atoms with Crippen molar-refractivity contribution in [2.45, 2.75) is 32.4 Å². The Morgan fingerprint density at radius 3 is 2.45 bits per heavy atom. The van der Waals surface area contributed by atoms with Crippen LogP contribution in [0.3, 0.4) is 0 Å². The zero-order chi connectivity index (χ0) is 21.8. The number of rotatable bonds is 5. The summed E-state index contributed by atoms with van der Waals surface area (Å²) in [6, 6.07) is 15.2. The molecule has 2 atom stereocenters. The molecule has 0 aromatic heterocycles. The highest BCUT2D eigenvalue weighted by Crippen LogP contribution is 2.31. The van der Waals surface area contributed by atoms with Gasteiger partial charge in [-0.1, -0.05) is 31.2 Å². The molecule has 7 nitrogen and oxygen atoms in total. The van der Waals surface area contributed by atoms with Crippen LogP contribution in [0.15, 0.2) is 48.5 Å². The lowest BCUT2D eigenvalue weighted by molar-refractivity contribution is -0.917. The number of amides is 2. The van der Waals surface area contributed by atoms with Gasteiger partial charge in [0, 0.05) is 5.69 Å². The Morgan fingerprint density at radius 1 is 1.10 bits per heavy atom. The molecule has 2 N–H and O–H groups in total. The van der Waals surface area contributed by atoms with Gasteiger partial charge in [0.1, 0.15) is 6.61 Å². The first-order chi connectivity index (χ1) is 15.0. The smallest absolute Gasteiger partial charge is 0.282 e. The lowest BCUT2D eigenvalue weighted by atomic mass is 10.1. The molecule has 2 aliphatic rings. The number of piperazine rings is 1. The summed E-state index contributed by atoms with van der Waals surface area (Å²) < 4.78 is 11.5. The van der Waals surface area contributed by atoms with E-state index in [4.69, 9.17) is 9.47 Å². The first-order valence-corrected chi connectivity index (χ1v) is 11.0. The highest BCUT2D eigenvalue weighted by Gasteiger charge is 2.35. The standard InChI is InChI=1S/C24H29N3O4/c1-3-18-8-10-19(11-9-18)25-23(28)17(2)26-12-14-27(15-13-26)24(29)22-16-30-20-6-4-5-7-21(20)31-22/h4-11,17,22H,3,12-16H2,1-2H3,(H,25,28)/p+1/t17-,22+/m0/s1. The van der Waals surface area contributed by atoms with Crippen LogP contribution < -0.4 is 19.7 Å². The van der Waals surface area contributed by atoms with Gasteiger partial charge in [-0.25, -0.2) is 0 Å². The first kappa shape index (κ1) is 21.2. The summed E-state index contributed by atoms with van der Waals surface area (Å²) in [7, 11) is 0. The van der Waals surface area contributed by atoms with E-state index in [9.17, 15) is 9.59 Å². The van der Waals surface area contributed by atoms with Gasteiger partial charge in [-0.15, -0.1) is 0 Å². The number of quaternary nitrogens is 1. The van der Waals surface area contributed by atoms with E-state index in [0.29, 0.717) is 24.6 Å².